The smallest absolute Gasteiger partial charge is 0.313 e. The number of piperidine rings is 1. The van der Waals surface area contributed by atoms with Crippen molar-refractivity contribution in [2.24, 2.45) is 0 Å². The average Bonchev–Trinajstić information content (AvgIpc) is 2.32. The van der Waals surface area contributed by atoms with Crippen molar-refractivity contribution in [1.29, 1.82) is 0 Å². The minimum Gasteiger partial charge on any atom is -0.502 e. The molecule has 1 aromatic rings. The topological polar surface area (TPSA) is 75.4 Å². The summed E-state index contributed by atoms with van der Waals surface area (Å²) in [6, 6.07) is 1.94. The highest BCUT2D eigenvalue weighted by atomic mass is 19.1. The molecule has 1 saturated heterocycles. The number of nitro benzene ring substituents is 1. The molecule has 1 aliphatic heterocycles. The molecule has 1 heterocycles. The van der Waals surface area contributed by atoms with Crippen LogP contribution in [0.3, 0.4) is 0 Å². The lowest BCUT2D eigenvalue weighted by Gasteiger charge is -2.23. The van der Waals surface area contributed by atoms with Gasteiger partial charge in [0.15, 0.2) is 5.75 Å². The highest BCUT2D eigenvalue weighted by molar-refractivity contribution is 5.52. The molecule has 5 nitrogen and oxygen atoms in total. The number of benzene rings is 1. The molecule has 0 unspecified atom stereocenters. The number of nitrogens with one attached hydrogen (secondary N) is 1. The van der Waals surface area contributed by atoms with Crippen molar-refractivity contribution in [1.82, 2.24) is 5.32 Å². The predicted molar refractivity (Wildman–Crippen MR) is 59.6 cm³/mol. The molecule has 0 aromatic heterocycles. The van der Waals surface area contributed by atoms with Crippen LogP contribution in [0.2, 0.25) is 0 Å². The molecule has 1 fully saturated rings. The van der Waals surface area contributed by atoms with Crippen molar-refractivity contribution in [2.75, 3.05) is 13.1 Å². The van der Waals surface area contributed by atoms with E-state index in [-0.39, 0.29) is 5.92 Å². The maximum Gasteiger partial charge on any atom is 0.313 e. The molecule has 0 spiro atoms. The van der Waals surface area contributed by atoms with Crippen molar-refractivity contribution in [2.45, 2.75) is 18.8 Å². The largest absolute Gasteiger partial charge is 0.502 e. The fraction of sp³-hybridized carbons (Fsp3) is 0.455. The zero-order valence-corrected chi connectivity index (χ0v) is 9.15. The van der Waals surface area contributed by atoms with E-state index in [9.17, 15) is 19.6 Å². The van der Waals surface area contributed by atoms with E-state index in [1.54, 1.807) is 0 Å². The van der Waals surface area contributed by atoms with E-state index >= 15 is 0 Å². The van der Waals surface area contributed by atoms with Crippen molar-refractivity contribution >= 4 is 5.69 Å². The summed E-state index contributed by atoms with van der Waals surface area (Å²) in [6.45, 7) is 1.54. The van der Waals surface area contributed by atoms with Crippen LogP contribution in [0.5, 0.6) is 5.75 Å². The zero-order valence-electron chi connectivity index (χ0n) is 9.15. The van der Waals surface area contributed by atoms with Crippen molar-refractivity contribution in [3.05, 3.63) is 33.6 Å². The van der Waals surface area contributed by atoms with Gasteiger partial charge in [0.2, 0.25) is 0 Å². The van der Waals surface area contributed by atoms with E-state index in [2.05, 4.69) is 5.32 Å². The first-order valence-corrected chi connectivity index (χ1v) is 5.47. The maximum atomic E-state index is 13.3. The highest BCUT2D eigenvalue weighted by Gasteiger charge is 2.25. The first-order valence-electron chi connectivity index (χ1n) is 5.47. The minimum absolute atomic E-state index is 0.0225. The number of phenols is 1. The van der Waals surface area contributed by atoms with E-state index in [0.717, 1.165) is 32.0 Å². The second kappa shape index (κ2) is 4.67. The number of halogens is 1. The number of phenolic OH excluding ortho intramolecular Hbond substituents is 1. The Labute approximate surface area is 97.4 Å². The zero-order chi connectivity index (χ0) is 12.4. The monoisotopic (exact) mass is 240 g/mol. The summed E-state index contributed by atoms with van der Waals surface area (Å²) in [5.41, 5.74) is -0.211. The average molecular weight is 240 g/mol. The molecular weight excluding hydrogens is 227 g/mol. The Morgan fingerprint density at radius 1 is 1.41 bits per heavy atom. The van der Waals surface area contributed by atoms with Gasteiger partial charge in [-0.3, -0.25) is 10.1 Å². The van der Waals surface area contributed by atoms with Gasteiger partial charge in [-0.05, 0) is 37.9 Å². The van der Waals surface area contributed by atoms with Crippen molar-refractivity contribution in [3.63, 3.8) is 0 Å². The lowest BCUT2D eigenvalue weighted by atomic mass is 9.89. The third kappa shape index (κ3) is 2.36. The van der Waals surface area contributed by atoms with Crippen LogP contribution < -0.4 is 5.32 Å². The van der Waals surface area contributed by atoms with Crippen LogP contribution in [0.1, 0.15) is 24.3 Å². The van der Waals surface area contributed by atoms with Gasteiger partial charge in [-0.25, -0.2) is 4.39 Å². The lowest BCUT2D eigenvalue weighted by Crippen LogP contribution is -2.26. The number of rotatable bonds is 2. The summed E-state index contributed by atoms with van der Waals surface area (Å²) >= 11 is 0. The number of hydrogen-bond donors (Lipinski definition) is 2. The molecule has 17 heavy (non-hydrogen) atoms. The molecule has 6 heteroatoms. The molecule has 0 radical (unpaired) electrons. The molecule has 92 valence electrons. The Hall–Kier alpha value is -1.69. The van der Waals surface area contributed by atoms with Crippen LogP contribution in [-0.2, 0) is 0 Å². The van der Waals surface area contributed by atoms with Gasteiger partial charge >= 0.3 is 5.69 Å². The van der Waals surface area contributed by atoms with E-state index < -0.39 is 22.2 Å². The Morgan fingerprint density at radius 2 is 2.06 bits per heavy atom. The highest BCUT2D eigenvalue weighted by Crippen LogP contribution is 2.38. The van der Waals surface area contributed by atoms with E-state index in [4.69, 9.17) is 0 Å². The second-order valence-electron chi connectivity index (χ2n) is 4.14. The molecule has 0 saturated carbocycles. The van der Waals surface area contributed by atoms with Crippen LogP contribution in [-0.4, -0.2) is 23.1 Å². The van der Waals surface area contributed by atoms with Gasteiger partial charge in [-0.2, -0.15) is 0 Å². The summed E-state index contributed by atoms with van der Waals surface area (Å²) in [4.78, 5) is 9.91. The first kappa shape index (κ1) is 11.8. The summed E-state index contributed by atoms with van der Waals surface area (Å²) in [7, 11) is 0. The minimum atomic E-state index is -0.761. The van der Waals surface area contributed by atoms with Gasteiger partial charge in [0.25, 0.3) is 0 Å². The summed E-state index contributed by atoms with van der Waals surface area (Å²) in [6.07, 6.45) is 1.49. The van der Waals surface area contributed by atoms with Gasteiger partial charge in [0.1, 0.15) is 5.82 Å². The Bertz CT molecular complexity index is 445. The van der Waals surface area contributed by atoms with Crippen LogP contribution in [0.15, 0.2) is 12.1 Å². The van der Waals surface area contributed by atoms with Gasteiger partial charge < -0.3 is 10.4 Å². The maximum absolute atomic E-state index is 13.3. The standard InChI is InChI=1S/C11H13FN2O3/c12-8-5-9(7-1-3-13-4-2-7)11(15)10(6-8)14(16)17/h5-7,13,15H,1-4H2. The molecular formula is C11H13FN2O3. The van der Waals surface area contributed by atoms with E-state index in [0.29, 0.717) is 5.56 Å². The molecule has 0 amide bonds. The van der Waals surface area contributed by atoms with Gasteiger partial charge in [-0.1, -0.05) is 0 Å². The van der Waals surface area contributed by atoms with Gasteiger partial charge in [0.05, 0.1) is 11.0 Å². The summed E-state index contributed by atoms with van der Waals surface area (Å²) in [5.74, 6) is -1.10. The SMILES string of the molecule is O=[N+]([O-])c1cc(F)cc(C2CCNCC2)c1O. The van der Waals surface area contributed by atoms with Gasteiger partial charge in [0, 0.05) is 5.56 Å². The fourth-order valence-corrected chi connectivity index (χ4v) is 2.19. The van der Waals surface area contributed by atoms with Crippen LogP contribution in [0, 0.1) is 15.9 Å². The Morgan fingerprint density at radius 3 is 2.65 bits per heavy atom. The third-order valence-electron chi connectivity index (χ3n) is 3.06. The van der Waals surface area contributed by atoms with E-state index in [1.807, 2.05) is 0 Å². The molecule has 2 rings (SSSR count). The van der Waals surface area contributed by atoms with E-state index in [1.165, 1.54) is 6.07 Å². The normalized spacial score (nSPS) is 17.0. The molecule has 0 atom stereocenters. The number of nitro groups is 1. The van der Waals surface area contributed by atoms with Crippen LogP contribution in [0.4, 0.5) is 10.1 Å². The molecule has 0 bridgehead atoms. The molecule has 1 aliphatic rings. The predicted octanol–water partition coefficient (Wildman–Crippen LogP) is 1.91. The van der Waals surface area contributed by atoms with Crippen LogP contribution >= 0.6 is 0 Å². The van der Waals surface area contributed by atoms with Gasteiger partial charge in [-0.15, -0.1) is 0 Å². The number of aromatic hydroxyl groups is 1. The number of hydrogen-bond acceptors (Lipinski definition) is 4. The molecule has 0 aliphatic carbocycles. The molecule has 1 aromatic carbocycles. The van der Waals surface area contributed by atoms with Crippen LogP contribution in [0.25, 0.3) is 0 Å². The van der Waals surface area contributed by atoms with Crippen molar-refractivity contribution < 1.29 is 14.4 Å². The Kier molecular flexibility index (Phi) is 3.23. The quantitative estimate of drug-likeness (QED) is 0.611. The third-order valence-corrected chi connectivity index (χ3v) is 3.06. The lowest BCUT2D eigenvalue weighted by molar-refractivity contribution is -0.386. The summed E-state index contributed by atoms with van der Waals surface area (Å²) in [5, 5.41) is 23.6. The fourth-order valence-electron chi connectivity index (χ4n) is 2.19. The Balaban J connectivity index is 2.41. The molecule has 2 N–H and O–H groups in total. The van der Waals surface area contributed by atoms with Crippen molar-refractivity contribution in [3.8, 4) is 5.75 Å². The first-order chi connectivity index (χ1) is 8.09. The number of nitrogens with zero attached hydrogens (tertiary/aromatic N) is 1. The second-order valence-corrected chi connectivity index (χ2v) is 4.14. The summed E-state index contributed by atoms with van der Waals surface area (Å²) < 4.78 is 13.3.